The number of rotatable bonds is 7. The fraction of sp³-hybridized carbons (Fsp3) is 0.941. The van der Waals surface area contributed by atoms with E-state index in [1.807, 2.05) is 0 Å². The molecule has 3 aliphatic rings. The van der Waals surface area contributed by atoms with Gasteiger partial charge in [-0.15, -0.1) is 0 Å². The van der Waals surface area contributed by atoms with Crippen molar-refractivity contribution in [2.75, 3.05) is 20.7 Å². The van der Waals surface area contributed by atoms with Crippen LogP contribution in [-0.4, -0.2) is 49.2 Å². The van der Waals surface area contributed by atoms with E-state index in [-0.39, 0.29) is 5.97 Å². The van der Waals surface area contributed by atoms with Crippen molar-refractivity contribution < 1.29 is 9.53 Å². The van der Waals surface area contributed by atoms with Gasteiger partial charge in [0.25, 0.3) is 0 Å². The zero-order valence-electron chi connectivity index (χ0n) is 13.6. The standard InChI is InChI=1S/C17H30N2O2/c1-19(15-6-3-7-15)12-10-13-5-4-11-17(13,16(20)21-2)18-14-8-9-14/h13-15,18H,3-12H2,1-2H3. The first-order chi connectivity index (χ1) is 10.2. The Bertz CT molecular complexity index is 379. The number of nitrogens with zero attached hydrogens (tertiary/aromatic N) is 1. The van der Waals surface area contributed by atoms with Gasteiger partial charge in [-0.05, 0) is 64.5 Å². The number of hydrogen-bond donors (Lipinski definition) is 1. The lowest BCUT2D eigenvalue weighted by Gasteiger charge is -2.38. The Labute approximate surface area is 128 Å². The van der Waals surface area contributed by atoms with Crippen molar-refractivity contribution in [2.45, 2.75) is 75.4 Å². The number of nitrogens with one attached hydrogen (secondary N) is 1. The first-order valence-electron chi connectivity index (χ1n) is 8.72. The number of esters is 1. The molecule has 2 unspecified atom stereocenters. The van der Waals surface area contributed by atoms with Crippen LogP contribution in [0.1, 0.15) is 57.8 Å². The van der Waals surface area contributed by atoms with E-state index in [0.29, 0.717) is 12.0 Å². The number of methoxy groups -OCH3 is 1. The molecule has 21 heavy (non-hydrogen) atoms. The van der Waals surface area contributed by atoms with Gasteiger partial charge in [0.1, 0.15) is 5.54 Å². The van der Waals surface area contributed by atoms with Crippen molar-refractivity contribution in [1.29, 1.82) is 0 Å². The number of carbonyl (C=O) groups is 1. The lowest BCUT2D eigenvalue weighted by molar-refractivity contribution is -0.150. The van der Waals surface area contributed by atoms with E-state index in [1.54, 1.807) is 0 Å². The maximum absolute atomic E-state index is 12.5. The molecule has 0 radical (unpaired) electrons. The zero-order chi connectivity index (χ0) is 14.9. The third kappa shape index (κ3) is 3.11. The number of ether oxygens (including phenoxy) is 1. The molecule has 4 nitrogen and oxygen atoms in total. The Balaban J connectivity index is 1.61. The topological polar surface area (TPSA) is 41.6 Å². The highest BCUT2D eigenvalue weighted by Crippen LogP contribution is 2.41. The monoisotopic (exact) mass is 294 g/mol. The van der Waals surface area contributed by atoms with Gasteiger partial charge in [0.2, 0.25) is 0 Å². The van der Waals surface area contributed by atoms with Crippen LogP contribution >= 0.6 is 0 Å². The minimum absolute atomic E-state index is 0.0248. The van der Waals surface area contributed by atoms with Crippen molar-refractivity contribution in [1.82, 2.24) is 10.2 Å². The van der Waals surface area contributed by atoms with Gasteiger partial charge in [-0.1, -0.05) is 12.8 Å². The first-order valence-corrected chi connectivity index (χ1v) is 8.72. The molecule has 3 fully saturated rings. The average Bonchev–Trinajstić information content (AvgIpc) is 3.12. The van der Waals surface area contributed by atoms with Crippen LogP contribution in [0.4, 0.5) is 0 Å². The van der Waals surface area contributed by atoms with Crippen LogP contribution in [0.3, 0.4) is 0 Å². The number of carbonyl (C=O) groups excluding carboxylic acids is 1. The highest BCUT2D eigenvalue weighted by Gasteiger charge is 2.51. The molecular formula is C17H30N2O2. The highest BCUT2D eigenvalue weighted by molar-refractivity contribution is 5.81. The number of hydrogen-bond acceptors (Lipinski definition) is 4. The zero-order valence-corrected chi connectivity index (χ0v) is 13.6. The molecule has 1 N–H and O–H groups in total. The van der Waals surface area contributed by atoms with E-state index in [4.69, 9.17) is 4.74 Å². The van der Waals surface area contributed by atoms with Crippen molar-refractivity contribution >= 4 is 5.97 Å². The Morgan fingerprint density at radius 3 is 2.57 bits per heavy atom. The van der Waals surface area contributed by atoms with Gasteiger partial charge in [-0.25, -0.2) is 0 Å². The van der Waals surface area contributed by atoms with E-state index in [1.165, 1.54) is 39.2 Å². The summed E-state index contributed by atoms with van der Waals surface area (Å²) >= 11 is 0. The largest absolute Gasteiger partial charge is 0.468 e. The quantitative estimate of drug-likeness (QED) is 0.732. The molecule has 0 saturated heterocycles. The maximum Gasteiger partial charge on any atom is 0.326 e. The molecule has 0 heterocycles. The lowest BCUT2D eigenvalue weighted by atomic mass is 9.83. The molecule has 2 atom stereocenters. The lowest BCUT2D eigenvalue weighted by Crippen LogP contribution is -2.56. The fourth-order valence-corrected chi connectivity index (χ4v) is 4.13. The smallest absolute Gasteiger partial charge is 0.326 e. The Hall–Kier alpha value is -0.610. The summed E-state index contributed by atoms with van der Waals surface area (Å²) in [6, 6.07) is 1.34. The summed E-state index contributed by atoms with van der Waals surface area (Å²) in [4.78, 5) is 15.0. The summed E-state index contributed by atoms with van der Waals surface area (Å²) < 4.78 is 5.17. The van der Waals surface area contributed by atoms with E-state index in [2.05, 4.69) is 17.3 Å². The fourth-order valence-electron chi connectivity index (χ4n) is 4.13. The van der Waals surface area contributed by atoms with Gasteiger partial charge in [0.15, 0.2) is 0 Å². The first kappa shape index (κ1) is 15.3. The van der Waals surface area contributed by atoms with Crippen LogP contribution in [0.2, 0.25) is 0 Å². The second-order valence-corrected chi connectivity index (χ2v) is 7.32. The van der Waals surface area contributed by atoms with Crippen molar-refractivity contribution in [3.05, 3.63) is 0 Å². The predicted octanol–water partition coefficient (Wildman–Crippen LogP) is 2.32. The van der Waals surface area contributed by atoms with Crippen LogP contribution in [0.5, 0.6) is 0 Å². The van der Waals surface area contributed by atoms with Crippen molar-refractivity contribution in [3.8, 4) is 0 Å². The van der Waals surface area contributed by atoms with Gasteiger partial charge < -0.3 is 9.64 Å². The summed E-state index contributed by atoms with van der Waals surface area (Å²) in [7, 11) is 3.78. The van der Waals surface area contributed by atoms with Gasteiger partial charge >= 0.3 is 5.97 Å². The summed E-state index contributed by atoms with van der Waals surface area (Å²) in [6.07, 6.45) is 10.9. The summed E-state index contributed by atoms with van der Waals surface area (Å²) in [5.41, 5.74) is -0.392. The van der Waals surface area contributed by atoms with Crippen molar-refractivity contribution in [2.24, 2.45) is 5.92 Å². The maximum atomic E-state index is 12.5. The molecule has 0 aromatic rings. The van der Waals surface area contributed by atoms with Crippen LogP contribution in [0.25, 0.3) is 0 Å². The minimum atomic E-state index is -0.392. The molecule has 120 valence electrons. The molecule has 4 heteroatoms. The molecular weight excluding hydrogens is 264 g/mol. The van der Waals surface area contributed by atoms with Crippen LogP contribution in [0, 0.1) is 5.92 Å². The third-order valence-corrected chi connectivity index (χ3v) is 5.94. The van der Waals surface area contributed by atoms with E-state index >= 15 is 0 Å². The van der Waals surface area contributed by atoms with Crippen LogP contribution in [-0.2, 0) is 9.53 Å². The van der Waals surface area contributed by atoms with Gasteiger partial charge in [-0.2, -0.15) is 0 Å². The van der Waals surface area contributed by atoms with E-state index < -0.39 is 5.54 Å². The molecule has 0 bridgehead atoms. The van der Waals surface area contributed by atoms with Crippen LogP contribution in [0.15, 0.2) is 0 Å². The van der Waals surface area contributed by atoms with Crippen LogP contribution < -0.4 is 5.32 Å². The van der Waals surface area contributed by atoms with E-state index in [9.17, 15) is 4.79 Å². The Morgan fingerprint density at radius 1 is 1.24 bits per heavy atom. The normalized spacial score (nSPS) is 33.2. The minimum Gasteiger partial charge on any atom is -0.468 e. The van der Waals surface area contributed by atoms with Gasteiger partial charge in [-0.3, -0.25) is 10.1 Å². The molecule has 0 aromatic carbocycles. The predicted molar refractivity (Wildman–Crippen MR) is 83.1 cm³/mol. The second kappa shape index (κ2) is 6.25. The summed E-state index contributed by atoms with van der Waals surface area (Å²) in [5, 5.41) is 3.65. The third-order valence-electron chi connectivity index (χ3n) is 5.94. The second-order valence-electron chi connectivity index (χ2n) is 7.32. The van der Waals surface area contributed by atoms with Crippen molar-refractivity contribution in [3.63, 3.8) is 0 Å². The molecule has 3 aliphatic carbocycles. The molecule has 0 aliphatic heterocycles. The average molecular weight is 294 g/mol. The SMILES string of the molecule is COC(=O)C1(NC2CC2)CCCC1CCN(C)C1CCC1. The Kier molecular flexibility index (Phi) is 4.55. The molecule has 0 amide bonds. The molecule has 3 rings (SSSR count). The van der Waals surface area contributed by atoms with Gasteiger partial charge in [0.05, 0.1) is 7.11 Å². The Morgan fingerprint density at radius 2 is 2.00 bits per heavy atom. The molecule has 0 spiro atoms. The van der Waals surface area contributed by atoms with Gasteiger partial charge in [0, 0.05) is 12.1 Å². The highest BCUT2D eigenvalue weighted by atomic mass is 16.5. The van der Waals surface area contributed by atoms with E-state index in [0.717, 1.165) is 38.3 Å². The summed E-state index contributed by atoms with van der Waals surface area (Å²) in [5.74, 6) is 0.413. The summed E-state index contributed by atoms with van der Waals surface area (Å²) in [6.45, 7) is 1.11. The molecule has 0 aromatic heterocycles. The molecule has 3 saturated carbocycles.